The van der Waals surface area contributed by atoms with Crippen LogP contribution in [0.2, 0.25) is 5.02 Å². The van der Waals surface area contributed by atoms with Gasteiger partial charge in [-0.05, 0) is 25.0 Å². The molecule has 0 aliphatic carbocycles. The number of alkyl halides is 1. The minimum atomic E-state index is 0.344. The number of hydrogen-bond donors (Lipinski definition) is 0. The Bertz CT molecular complexity index is 353. The molecule has 1 aromatic rings. The average Bonchev–Trinajstić information content (AvgIpc) is 2.27. The molecule has 0 saturated carbocycles. The molecule has 16 heavy (non-hydrogen) atoms. The van der Waals surface area contributed by atoms with E-state index in [2.05, 4.69) is 30.7 Å². The van der Waals surface area contributed by atoms with Gasteiger partial charge in [0.05, 0.1) is 16.6 Å². The van der Waals surface area contributed by atoms with Crippen molar-refractivity contribution in [2.75, 3.05) is 11.9 Å². The topological polar surface area (TPSA) is 16.1 Å². The van der Waals surface area contributed by atoms with E-state index in [0.717, 1.165) is 11.5 Å². The first kappa shape index (κ1) is 13.6. The first-order valence-corrected chi connectivity index (χ1v) is 6.32. The molecule has 0 amide bonds. The molecule has 0 fully saturated rings. The summed E-state index contributed by atoms with van der Waals surface area (Å²) in [6.07, 6.45) is 0. The molecule has 0 bridgehead atoms. The first-order valence-electron chi connectivity index (χ1n) is 5.41. The smallest absolute Gasteiger partial charge is 0.128 e. The van der Waals surface area contributed by atoms with Crippen molar-refractivity contribution in [1.29, 1.82) is 0 Å². The van der Waals surface area contributed by atoms with Crippen LogP contribution >= 0.6 is 23.2 Å². The summed E-state index contributed by atoms with van der Waals surface area (Å²) in [5, 5.41) is 0.629. The summed E-state index contributed by atoms with van der Waals surface area (Å²) in [5.41, 5.74) is 0.739. The number of hydrogen-bond acceptors (Lipinski definition) is 2. The molecule has 0 saturated heterocycles. The predicted octanol–water partition coefficient (Wildman–Crippen LogP) is 3.95. The van der Waals surface area contributed by atoms with Gasteiger partial charge < -0.3 is 4.90 Å². The molecule has 1 atom stereocenters. The quantitative estimate of drug-likeness (QED) is 0.763. The van der Waals surface area contributed by atoms with Crippen LogP contribution in [0.1, 0.15) is 26.5 Å². The van der Waals surface area contributed by atoms with Gasteiger partial charge >= 0.3 is 0 Å². The maximum Gasteiger partial charge on any atom is 0.128 e. The molecule has 1 rings (SSSR count). The van der Waals surface area contributed by atoms with E-state index < -0.39 is 0 Å². The lowest BCUT2D eigenvalue weighted by molar-refractivity contribution is 0.502. The molecule has 90 valence electrons. The van der Waals surface area contributed by atoms with E-state index in [1.54, 1.807) is 0 Å². The van der Waals surface area contributed by atoms with E-state index in [-0.39, 0.29) is 0 Å². The van der Waals surface area contributed by atoms with Crippen LogP contribution in [0.5, 0.6) is 0 Å². The molecule has 0 spiro atoms. The Hall–Kier alpha value is -0.470. The molecule has 0 radical (unpaired) electrons. The highest BCUT2D eigenvalue weighted by Gasteiger charge is 2.15. The van der Waals surface area contributed by atoms with E-state index in [1.807, 2.05) is 19.2 Å². The number of halogens is 2. The van der Waals surface area contributed by atoms with Crippen molar-refractivity contribution in [3.63, 3.8) is 0 Å². The Morgan fingerprint density at radius 1 is 1.31 bits per heavy atom. The minimum Gasteiger partial charge on any atom is -0.357 e. The Balaban J connectivity index is 2.96. The lowest BCUT2D eigenvalue weighted by Gasteiger charge is -2.29. The van der Waals surface area contributed by atoms with Crippen LogP contribution in [-0.4, -0.2) is 18.1 Å². The fourth-order valence-electron chi connectivity index (χ4n) is 1.42. The second-order valence-electron chi connectivity index (χ2n) is 4.33. The van der Waals surface area contributed by atoms with Crippen molar-refractivity contribution in [3.05, 3.63) is 22.8 Å². The normalized spacial score (nSPS) is 12.9. The van der Waals surface area contributed by atoms with Crippen LogP contribution in [0, 0.1) is 5.92 Å². The van der Waals surface area contributed by atoms with Gasteiger partial charge in [0.25, 0.3) is 0 Å². The third-order valence-corrected chi connectivity index (χ3v) is 3.56. The Kier molecular flexibility index (Phi) is 4.88. The van der Waals surface area contributed by atoms with Gasteiger partial charge in [-0.25, -0.2) is 4.98 Å². The summed E-state index contributed by atoms with van der Waals surface area (Å²) >= 11 is 11.8. The zero-order valence-corrected chi connectivity index (χ0v) is 11.7. The number of nitrogens with zero attached hydrogens (tertiary/aromatic N) is 2. The summed E-state index contributed by atoms with van der Waals surface area (Å²) in [6, 6.07) is 4.21. The fourth-order valence-corrected chi connectivity index (χ4v) is 1.86. The standard InChI is InChI=1S/C12H18Cl2N2/c1-8(2)9(3)16(4)12-6-5-10(14)11(7-13)15-12/h5-6,8-9H,7H2,1-4H3. The van der Waals surface area contributed by atoms with Crippen molar-refractivity contribution < 1.29 is 0 Å². The van der Waals surface area contributed by atoms with Crippen molar-refractivity contribution in [3.8, 4) is 0 Å². The summed E-state index contributed by atoms with van der Waals surface area (Å²) < 4.78 is 0. The summed E-state index contributed by atoms with van der Waals surface area (Å²) in [6.45, 7) is 6.57. The van der Waals surface area contributed by atoms with Crippen LogP contribution < -0.4 is 4.90 Å². The number of anilines is 1. The maximum absolute atomic E-state index is 5.98. The zero-order chi connectivity index (χ0) is 12.3. The van der Waals surface area contributed by atoms with Gasteiger partial charge in [0, 0.05) is 13.1 Å². The second-order valence-corrected chi connectivity index (χ2v) is 5.00. The van der Waals surface area contributed by atoms with Crippen LogP contribution in [0.4, 0.5) is 5.82 Å². The van der Waals surface area contributed by atoms with Gasteiger partial charge in [0.15, 0.2) is 0 Å². The lowest BCUT2D eigenvalue weighted by Crippen LogP contribution is -2.33. The van der Waals surface area contributed by atoms with E-state index in [9.17, 15) is 0 Å². The molecule has 1 aromatic heterocycles. The lowest BCUT2D eigenvalue weighted by atomic mass is 10.1. The van der Waals surface area contributed by atoms with Gasteiger partial charge in [-0.15, -0.1) is 11.6 Å². The van der Waals surface area contributed by atoms with Crippen molar-refractivity contribution in [2.24, 2.45) is 5.92 Å². The van der Waals surface area contributed by atoms with E-state index in [4.69, 9.17) is 23.2 Å². The number of pyridine rings is 1. The highest BCUT2D eigenvalue weighted by atomic mass is 35.5. The average molecular weight is 261 g/mol. The van der Waals surface area contributed by atoms with Crippen molar-refractivity contribution >= 4 is 29.0 Å². The summed E-state index contributed by atoms with van der Waals surface area (Å²) in [4.78, 5) is 6.61. The van der Waals surface area contributed by atoms with Gasteiger partial charge in [-0.1, -0.05) is 25.4 Å². The largest absolute Gasteiger partial charge is 0.357 e. The molecule has 4 heteroatoms. The van der Waals surface area contributed by atoms with Gasteiger partial charge in [-0.2, -0.15) is 0 Å². The fraction of sp³-hybridized carbons (Fsp3) is 0.583. The Morgan fingerprint density at radius 2 is 1.94 bits per heavy atom. The van der Waals surface area contributed by atoms with Crippen molar-refractivity contribution in [1.82, 2.24) is 4.98 Å². The molecule has 0 aromatic carbocycles. The first-order chi connectivity index (χ1) is 7.47. The molecule has 0 N–H and O–H groups in total. The maximum atomic E-state index is 5.98. The van der Waals surface area contributed by atoms with Crippen molar-refractivity contribution in [2.45, 2.75) is 32.7 Å². The van der Waals surface area contributed by atoms with Crippen LogP contribution in [-0.2, 0) is 5.88 Å². The highest BCUT2D eigenvalue weighted by Crippen LogP contribution is 2.22. The second kappa shape index (κ2) is 5.74. The molecular weight excluding hydrogens is 243 g/mol. The molecule has 0 aliphatic heterocycles. The molecule has 1 heterocycles. The van der Waals surface area contributed by atoms with Crippen LogP contribution in [0.3, 0.4) is 0 Å². The predicted molar refractivity (Wildman–Crippen MR) is 71.5 cm³/mol. The summed E-state index contributed by atoms with van der Waals surface area (Å²) in [7, 11) is 2.04. The Labute approximate surface area is 108 Å². The number of rotatable bonds is 4. The Morgan fingerprint density at radius 3 is 2.44 bits per heavy atom. The monoisotopic (exact) mass is 260 g/mol. The zero-order valence-electron chi connectivity index (χ0n) is 10.2. The van der Waals surface area contributed by atoms with Crippen LogP contribution in [0.15, 0.2) is 12.1 Å². The number of aromatic nitrogens is 1. The molecular formula is C12H18Cl2N2. The third-order valence-electron chi connectivity index (χ3n) is 2.97. The molecule has 2 nitrogen and oxygen atoms in total. The third kappa shape index (κ3) is 3.02. The SMILES string of the molecule is CC(C)C(C)N(C)c1ccc(Cl)c(CCl)n1. The minimum absolute atomic E-state index is 0.344. The summed E-state index contributed by atoms with van der Waals surface area (Å²) in [5.74, 6) is 1.83. The van der Waals surface area contributed by atoms with Gasteiger partial charge in [0.1, 0.15) is 5.82 Å². The molecule has 0 aliphatic rings. The van der Waals surface area contributed by atoms with Gasteiger partial charge in [-0.3, -0.25) is 0 Å². The highest BCUT2D eigenvalue weighted by molar-refractivity contribution is 6.32. The van der Waals surface area contributed by atoms with E-state index >= 15 is 0 Å². The van der Waals surface area contributed by atoms with E-state index in [1.165, 1.54) is 0 Å². The van der Waals surface area contributed by atoms with E-state index in [0.29, 0.717) is 22.9 Å². The molecule has 1 unspecified atom stereocenters. The van der Waals surface area contributed by atoms with Crippen LogP contribution in [0.25, 0.3) is 0 Å². The van der Waals surface area contributed by atoms with Gasteiger partial charge in [0.2, 0.25) is 0 Å².